The SMILES string of the molecule is O=C(N[O-])c1c(OCF)ccc2oc3ccc(C(F)(F)F)cc3c12. The Balaban J connectivity index is 2.41. The van der Waals surface area contributed by atoms with Gasteiger partial charge in [-0.2, -0.15) is 13.2 Å². The number of furan rings is 1. The van der Waals surface area contributed by atoms with Gasteiger partial charge in [-0.3, -0.25) is 4.79 Å². The zero-order valence-corrected chi connectivity index (χ0v) is 11.7. The summed E-state index contributed by atoms with van der Waals surface area (Å²) in [6.45, 7) is -1.28. The van der Waals surface area contributed by atoms with Crippen LogP contribution in [0.3, 0.4) is 0 Å². The van der Waals surface area contributed by atoms with E-state index >= 15 is 0 Å². The van der Waals surface area contributed by atoms with Crippen LogP contribution >= 0.6 is 0 Å². The number of nitrogens with one attached hydrogen (secondary N) is 1. The van der Waals surface area contributed by atoms with Gasteiger partial charge >= 0.3 is 6.18 Å². The van der Waals surface area contributed by atoms with Gasteiger partial charge in [-0.25, -0.2) is 4.39 Å². The lowest BCUT2D eigenvalue weighted by Crippen LogP contribution is -2.17. The molecule has 0 spiro atoms. The fourth-order valence-corrected chi connectivity index (χ4v) is 2.48. The van der Waals surface area contributed by atoms with Gasteiger partial charge < -0.3 is 19.8 Å². The van der Waals surface area contributed by atoms with Crippen LogP contribution in [0.2, 0.25) is 0 Å². The van der Waals surface area contributed by atoms with Crippen molar-refractivity contribution < 1.29 is 31.5 Å². The van der Waals surface area contributed by atoms with E-state index in [9.17, 15) is 27.6 Å². The minimum atomic E-state index is -4.61. The van der Waals surface area contributed by atoms with Crippen molar-refractivity contribution in [2.24, 2.45) is 0 Å². The molecule has 126 valence electrons. The van der Waals surface area contributed by atoms with Gasteiger partial charge in [0.25, 0.3) is 0 Å². The zero-order chi connectivity index (χ0) is 17.5. The number of hydrogen-bond acceptors (Lipinski definition) is 4. The molecule has 5 nitrogen and oxygen atoms in total. The molecule has 24 heavy (non-hydrogen) atoms. The summed E-state index contributed by atoms with van der Waals surface area (Å²) < 4.78 is 61.3. The second-order valence-electron chi connectivity index (χ2n) is 4.81. The first-order valence-electron chi connectivity index (χ1n) is 6.54. The summed E-state index contributed by atoms with van der Waals surface area (Å²) in [5.74, 6) is -1.46. The number of halogens is 4. The van der Waals surface area contributed by atoms with Crippen molar-refractivity contribution >= 4 is 27.8 Å². The highest BCUT2D eigenvalue weighted by Crippen LogP contribution is 2.39. The number of benzene rings is 2. The first-order chi connectivity index (χ1) is 11.4. The molecule has 3 aromatic rings. The Bertz CT molecular complexity index is 932. The van der Waals surface area contributed by atoms with Crippen LogP contribution in [0.15, 0.2) is 34.7 Å². The lowest BCUT2D eigenvalue weighted by molar-refractivity contribution is -0.137. The average molecular weight is 342 g/mol. The van der Waals surface area contributed by atoms with E-state index in [2.05, 4.69) is 4.74 Å². The topological polar surface area (TPSA) is 74.5 Å². The van der Waals surface area contributed by atoms with E-state index in [0.29, 0.717) is 0 Å². The quantitative estimate of drug-likeness (QED) is 0.573. The molecule has 1 heterocycles. The predicted molar refractivity (Wildman–Crippen MR) is 76.2 cm³/mol. The lowest BCUT2D eigenvalue weighted by atomic mass is 10.0. The summed E-state index contributed by atoms with van der Waals surface area (Å²) in [6, 6.07) is 5.24. The maximum atomic E-state index is 12.9. The molecule has 1 amide bonds. The van der Waals surface area contributed by atoms with Crippen molar-refractivity contribution in [3.63, 3.8) is 0 Å². The zero-order valence-electron chi connectivity index (χ0n) is 11.7. The molecule has 3 rings (SSSR count). The van der Waals surface area contributed by atoms with Crippen LogP contribution in [0.25, 0.3) is 21.9 Å². The molecule has 0 bridgehead atoms. The maximum Gasteiger partial charge on any atom is 0.416 e. The Labute approximate surface area is 131 Å². The Morgan fingerprint density at radius 1 is 1.21 bits per heavy atom. The third-order valence-electron chi connectivity index (χ3n) is 3.45. The highest BCUT2D eigenvalue weighted by molar-refractivity contribution is 6.18. The third kappa shape index (κ3) is 2.52. The molecule has 9 heteroatoms. The van der Waals surface area contributed by atoms with E-state index < -0.39 is 30.1 Å². The molecule has 0 fully saturated rings. The number of hydrogen-bond donors (Lipinski definition) is 1. The Kier molecular flexibility index (Phi) is 3.80. The average Bonchev–Trinajstić information content (AvgIpc) is 2.91. The highest BCUT2D eigenvalue weighted by atomic mass is 19.4. The Hall–Kier alpha value is -2.81. The van der Waals surface area contributed by atoms with E-state index in [4.69, 9.17) is 4.42 Å². The van der Waals surface area contributed by atoms with E-state index in [1.54, 1.807) is 0 Å². The van der Waals surface area contributed by atoms with Crippen molar-refractivity contribution in [2.75, 3.05) is 6.86 Å². The molecule has 0 aliphatic rings. The molecule has 0 aliphatic heterocycles. The summed E-state index contributed by atoms with van der Waals surface area (Å²) in [5, 5.41) is 10.7. The Morgan fingerprint density at radius 3 is 2.54 bits per heavy atom. The number of carbonyl (C=O) groups excluding carboxylic acids is 1. The highest BCUT2D eigenvalue weighted by Gasteiger charge is 2.31. The number of carbonyl (C=O) groups is 1. The molecule has 0 atom stereocenters. The van der Waals surface area contributed by atoms with Crippen molar-refractivity contribution in [3.05, 3.63) is 46.7 Å². The van der Waals surface area contributed by atoms with E-state index in [0.717, 1.165) is 23.7 Å². The summed E-state index contributed by atoms with van der Waals surface area (Å²) >= 11 is 0. The van der Waals surface area contributed by atoms with Gasteiger partial charge in [0.05, 0.1) is 11.1 Å². The number of ether oxygens (including phenoxy) is 1. The van der Waals surface area contributed by atoms with Crippen LogP contribution in [-0.4, -0.2) is 12.8 Å². The summed E-state index contributed by atoms with van der Waals surface area (Å²) in [6.07, 6.45) is -4.61. The molecule has 0 saturated heterocycles. The molecule has 1 N–H and O–H groups in total. The standard InChI is InChI=1S/C15H8F4NO4/c16-6-23-10-3-4-11-12(13(10)14(21)20-22)8-5-7(15(17,18)19)1-2-9(8)24-11/h1-5H,6H2,(H-,20,21,22)/q-1. The van der Waals surface area contributed by atoms with Crippen molar-refractivity contribution in [1.29, 1.82) is 0 Å². The fraction of sp³-hybridized carbons (Fsp3) is 0.133. The number of rotatable bonds is 3. The van der Waals surface area contributed by atoms with Crippen molar-refractivity contribution in [2.45, 2.75) is 6.18 Å². The van der Waals surface area contributed by atoms with Crippen LogP contribution < -0.4 is 10.2 Å². The third-order valence-corrected chi connectivity index (χ3v) is 3.45. The first-order valence-corrected chi connectivity index (χ1v) is 6.54. The normalized spacial score (nSPS) is 11.9. The molecule has 0 unspecified atom stereocenters. The molecular formula is C15H8F4NO4-. The Morgan fingerprint density at radius 2 is 1.92 bits per heavy atom. The van der Waals surface area contributed by atoms with Crippen molar-refractivity contribution in [1.82, 2.24) is 5.48 Å². The summed E-state index contributed by atoms with van der Waals surface area (Å²) in [5.41, 5.74) is -0.0868. The molecular weight excluding hydrogens is 334 g/mol. The van der Waals surface area contributed by atoms with Gasteiger partial charge in [0.2, 0.25) is 12.8 Å². The smallest absolute Gasteiger partial charge is 0.416 e. The minimum absolute atomic E-state index is 0.0391. The van der Waals surface area contributed by atoms with Gasteiger partial charge in [0, 0.05) is 10.8 Å². The van der Waals surface area contributed by atoms with Gasteiger partial charge in [-0.15, -0.1) is 0 Å². The largest absolute Gasteiger partial charge is 0.759 e. The molecule has 0 radical (unpaired) electrons. The number of alkyl halides is 4. The number of amides is 1. The summed E-state index contributed by atoms with van der Waals surface area (Å²) in [4.78, 5) is 11.9. The summed E-state index contributed by atoms with van der Waals surface area (Å²) in [7, 11) is 0. The van der Waals surface area contributed by atoms with Crippen LogP contribution in [-0.2, 0) is 6.18 Å². The number of hydroxylamine groups is 1. The van der Waals surface area contributed by atoms with Crippen molar-refractivity contribution in [3.8, 4) is 5.75 Å². The second kappa shape index (κ2) is 5.68. The minimum Gasteiger partial charge on any atom is -0.759 e. The van der Waals surface area contributed by atoms with E-state index in [-0.39, 0.29) is 27.7 Å². The van der Waals surface area contributed by atoms with Crippen LogP contribution in [0, 0.1) is 5.21 Å². The first kappa shape index (κ1) is 16.1. The van der Waals surface area contributed by atoms with Crippen LogP contribution in [0.5, 0.6) is 5.75 Å². The van der Waals surface area contributed by atoms with Gasteiger partial charge in [-0.1, -0.05) is 0 Å². The maximum absolute atomic E-state index is 12.9. The van der Waals surface area contributed by atoms with Gasteiger partial charge in [0.15, 0.2) is 0 Å². The van der Waals surface area contributed by atoms with Crippen LogP contribution in [0.1, 0.15) is 15.9 Å². The predicted octanol–water partition coefficient (Wildman–Crippen LogP) is 4.14. The van der Waals surface area contributed by atoms with Gasteiger partial charge in [0.1, 0.15) is 16.9 Å². The second-order valence-corrected chi connectivity index (χ2v) is 4.81. The molecule has 0 saturated carbocycles. The monoisotopic (exact) mass is 342 g/mol. The molecule has 0 aliphatic carbocycles. The van der Waals surface area contributed by atoms with Crippen LogP contribution in [0.4, 0.5) is 17.6 Å². The lowest BCUT2D eigenvalue weighted by Gasteiger charge is -2.13. The molecule has 2 aromatic carbocycles. The van der Waals surface area contributed by atoms with E-state index in [1.165, 1.54) is 12.1 Å². The van der Waals surface area contributed by atoms with Gasteiger partial charge in [-0.05, 0) is 30.3 Å². The molecule has 1 aromatic heterocycles. The fourth-order valence-electron chi connectivity index (χ4n) is 2.48. The number of fused-ring (bicyclic) bond motifs is 3. The van der Waals surface area contributed by atoms with E-state index in [1.807, 2.05) is 0 Å².